The van der Waals surface area contributed by atoms with Crippen molar-refractivity contribution in [2.75, 3.05) is 12.3 Å². The summed E-state index contributed by atoms with van der Waals surface area (Å²) in [6.45, 7) is 4.98. The molecule has 0 saturated carbocycles. The maximum atomic E-state index is 12.3. The number of aromatic nitrogens is 1. The fourth-order valence-electron chi connectivity index (χ4n) is 2.36. The van der Waals surface area contributed by atoms with Crippen LogP contribution >= 0.6 is 11.6 Å². The number of hydrogen-bond acceptors (Lipinski definition) is 3. The molecule has 2 heterocycles. The van der Waals surface area contributed by atoms with Gasteiger partial charge in [-0.25, -0.2) is 4.98 Å². The van der Waals surface area contributed by atoms with Crippen LogP contribution in [0.4, 0.5) is 5.69 Å². The largest absolute Gasteiger partial charge is 0.397 e. The van der Waals surface area contributed by atoms with Gasteiger partial charge in [0.15, 0.2) is 0 Å². The molecule has 2 N–H and O–H groups in total. The Labute approximate surface area is 106 Å². The van der Waals surface area contributed by atoms with E-state index >= 15 is 0 Å². The zero-order valence-corrected chi connectivity index (χ0v) is 10.7. The maximum Gasteiger partial charge on any atom is 0.256 e. The van der Waals surface area contributed by atoms with E-state index in [1.165, 1.54) is 12.3 Å². The lowest BCUT2D eigenvalue weighted by Gasteiger charge is -2.22. The van der Waals surface area contributed by atoms with Gasteiger partial charge in [-0.1, -0.05) is 18.5 Å². The second kappa shape index (κ2) is 4.53. The number of nitrogens with zero attached hydrogens (tertiary/aromatic N) is 2. The van der Waals surface area contributed by atoms with Gasteiger partial charge >= 0.3 is 0 Å². The molecule has 92 valence electrons. The number of rotatable bonds is 1. The van der Waals surface area contributed by atoms with Gasteiger partial charge in [0.25, 0.3) is 5.91 Å². The molecule has 0 spiro atoms. The second-order valence-corrected chi connectivity index (χ2v) is 5.13. The van der Waals surface area contributed by atoms with Crippen molar-refractivity contribution in [1.82, 2.24) is 9.88 Å². The summed E-state index contributed by atoms with van der Waals surface area (Å²) < 4.78 is 0. The Morgan fingerprint density at radius 3 is 2.88 bits per heavy atom. The number of nitrogen functional groups attached to an aromatic ring is 1. The van der Waals surface area contributed by atoms with Crippen molar-refractivity contribution in [2.24, 2.45) is 5.92 Å². The van der Waals surface area contributed by atoms with Crippen LogP contribution in [-0.4, -0.2) is 28.4 Å². The minimum Gasteiger partial charge on any atom is -0.397 e. The van der Waals surface area contributed by atoms with Gasteiger partial charge in [0, 0.05) is 12.6 Å². The van der Waals surface area contributed by atoms with Crippen molar-refractivity contribution in [3.8, 4) is 0 Å². The van der Waals surface area contributed by atoms with Crippen molar-refractivity contribution in [3.63, 3.8) is 0 Å². The van der Waals surface area contributed by atoms with E-state index < -0.39 is 0 Å². The normalized spacial score (nSPS) is 24.1. The van der Waals surface area contributed by atoms with Crippen LogP contribution in [0, 0.1) is 5.92 Å². The van der Waals surface area contributed by atoms with Gasteiger partial charge < -0.3 is 10.6 Å². The predicted molar refractivity (Wildman–Crippen MR) is 67.9 cm³/mol. The number of likely N-dealkylation sites (tertiary alicyclic amines) is 1. The molecule has 4 nitrogen and oxygen atoms in total. The number of carbonyl (C=O) groups excluding carboxylic acids is 1. The molecule has 1 aromatic heterocycles. The molecule has 0 bridgehead atoms. The number of halogens is 1. The van der Waals surface area contributed by atoms with Crippen LogP contribution in [0.15, 0.2) is 12.3 Å². The van der Waals surface area contributed by atoms with E-state index in [1.54, 1.807) is 0 Å². The van der Waals surface area contributed by atoms with Gasteiger partial charge in [-0.05, 0) is 25.3 Å². The average Bonchev–Trinajstić information content (AvgIpc) is 2.60. The van der Waals surface area contributed by atoms with Crippen molar-refractivity contribution >= 4 is 23.2 Å². The van der Waals surface area contributed by atoms with E-state index in [0.29, 0.717) is 22.3 Å². The molecule has 1 aliphatic rings. The lowest BCUT2D eigenvalue weighted by atomic mass is 10.1. The van der Waals surface area contributed by atoms with E-state index in [-0.39, 0.29) is 11.9 Å². The zero-order valence-electron chi connectivity index (χ0n) is 9.98. The first-order valence-corrected chi connectivity index (χ1v) is 6.09. The average molecular weight is 254 g/mol. The first-order valence-electron chi connectivity index (χ1n) is 5.71. The quantitative estimate of drug-likeness (QED) is 0.781. The third-order valence-corrected chi connectivity index (χ3v) is 3.38. The smallest absolute Gasteiger partial charge is 0.256 e. The third-order valence-electron chi connectivity index (χ3n) is 3.18. The van der Waals surface area contributed by atoms with E-state index in [0.717, 1.165) is 13.0 Å². The number of amides is 1. The van der Waals surface area contributed by atoms with Gasteiger partial charge in [0.05, 0.1) is 17.4 Å². The Morgan fingerprint density at radius 1 is 1.59 bits per heavy atom. The monoisotopic (exact) mass is 253 g/mol. The molecular weight excluding hydrogens is 238 g/mol. The number of nitrogens with two attached hydrogens (primary N) is 1. The van der Waals surface area contributed by atoms with Crippen molar-refractivity contribution in [3.05, 3.63) is 23.0 Å². The second-order valence-electron chi connectivity index (χ2n) is 4.74. The molecule has 1 aliphatic heterocycles. The highest BCUT2D eigenvalue weighted by atomic mass is 35.5. The summed E-state index contributed by atoms with van der Waals surface area (Å²) in [4.78, 5) is 18.0. The van der Waals surface area contributed by atoms with E-state index in [1.807, 2.05) is 4.90 Å². The highest BCUT2D eigenvalue weighted by Gasteiger charge is 2.31. The molecule has 2 rings (SSSR count). The molecule has 1 fully saturated rings. The molecule has 2 atom stereocenters. The number of carbonyl (C=O) groups is 1. The predicted octanol–water partition coefficient (Wildman–Crippen LogP) is 2.19. The summed E-state index contributed by atoms with van der Waals surface area (Å²) in [6, 6.07) is 1.79. The summed E-state index contributed by atoms with van der Waals surface area (Å²) >= 11 is 5.80. The number of pyridine rings is 1. The summed E-state index contributed by atoms with van der Waals surface area (Å²) in [7, 11) is 0. The molecule has 0 aromatic carbocycles. The molecular formula is C12H16ClN3O. The van der Waals surface area contributed by atoms with Crippen molar-refractivity contribution < 1.29 is 4.79 Å². The van der Waals surface area contributed by atoms with Gasteiger partial charge in [-0.3, -0.25) is 4.79 Å². The molecule has 2 unspecified atom stereocenters. The first kappa shape index (κ1) is 12.2. The Kier molecular flexibility index (Phi) is 3.24. The van der Waals surface area contributed by atoms with Gasteiger partial charge in [0.2, 0.25) is 0 Å². The molecule has 0 aliphatic carbocycles. The van der Waals surface area contributed by atoms with Crippen LogP contribution in [-0.2, 0) is 0 Å². The van der Waals surface area contributed by atoms with Crippen LogP contribution in [0.5, 0.6) is 0 Å². The maximum absolute atomic E-state index is 12.3. The molecule has 17 heavy (non-hydrogen) atoms. The lowest BCUT2D eigenvalue weighted by Crippen LogP contribution is -2.34. The minimum atomic E-state index is -0.0522. The Hall–Kier alpha value is -1.29. The van der Waals surface area contributed by atoms with Crippen LogP contribution in [0.2, 0.25) is 5.15 Å². The number of anilines is 1. The van der Waals surface area contributed by atoms with Crippen LogP contribution in [0.3, 0.4) is 0 Å². The van der Waals surface area contributed by atoms with Crippen LogP contribution in [0.1, 0.15) is 30.6 Å². The van der Waals surface area contributed by atoms with Crippen LogP contribution in [0.25, 0.3) is 0 Å². The summed E-state index contributed by atoms with van der Waals surface area (Å²) in [5, 5.41) is 0.294. The molecule has 1 saturated heterocycles. The minimum absolute atomic E-state index is 0.0522. The van der Waals surface area contributed by atoms with Gasteiger partial charge in [0.1, 0.15) is 5.15 Å². The third kappa shape index (κ3) is 2.36. The van der Waals surface area contributed by atoms with Crippen molar-refractivity contribution in [1.29, 1.82) is 0 Å². The standard InChI is InChI=1S/C12H16ClN3O/c1-7-3-8(2)16(6-7)12(17)9-4-11(13)15-5-10(9)14/h4-5,7-8H,3,6,14H2,1-2H3. The fourth-order valence-corrected chi connectivity index (χ4v) is 2.52. The molecule has 5 heteroatoms. The summed E-state index contributed by atoms with van der Waals surface area (Å²) in [5.41, 5.74) is 6.60. The van der Waals surface area contributed by atoms with Crippen LogP contribution < -0.4 is 5.73 Å². The first-order chi connectivity index (χ1) is 7.99. The molecule has 1 amide bonds. The van der Waals surface area contributed by atoms with Gasteiger partial charge in [-0.15, -0.1) is 0 Å². The number of hydrogen-bond donors (Lipinski definition) is 1. The molecule has 1 aromatic rings. The fraction of sp³-hybridized carbons (Fsp3) is 0.500. The Morgan fingerprint density at radius 2 is 2.29 bits per heavy atom. The summed E-state index contributed by atoms with van der Waals surface area (Å²) in [5.74, 6) is 0.483. The van der Waals surface area contributed by atoms with Gasteiger partial charge in [-0.2, -0.15) is 0 Å². The Balaban J connectivity index is 2.28. The molecule has 0 radical (unpaired) electrons. The van der Waals surface area contributed by atoms with E-state index in [4.69, 9.17) is 17.3 Å². The topological polar surface area (TPSA) is 59.2 Å². The Bertz CT molecular complexity index is 449. The highest BCUT2D eigenvalue weighted by Crippen LogP contribution is 2.26. The van der Waals surface area contributed by atoms with E-state index in [2.05, 4.69) is 18.8 Å². The highest BCUT2D eigenvalue weighted by molar-refractivity contribution is 6.29. The van der Waals surface area contributed by atoms with E-state index in [9.17, 15) is 4.79 Å². The zero-order chi connectivity index (χ0) is 12.6. The lowest BCUT2D eigenvalue weighted by molar-refractivity contribution is 0.0744. The summed E-state index contributed by atoms with van der Waals surface area (Å²) in [6.07, 6.45) is 2.46. The van der Waals surface area contributed by atoms with Crippen molar-refractivity contribution in [2.45, 2.75) is 26.3 Å². The SMILES string of the molecule is CC1CC(C)N(C(=O)c2cc(Cl)ncc2N)C1.